The summed E-state index contributed by atoms with van der Waals surface area (Å²) in [6.07, 6.45) is 4.26. The molecule has 4 nitrogen and oxygen atoms in total. The monoisotopic (exact) mass is 404 g/mol. The molecule has 3 aromatic heterocycles. The summed E-state index contributed by atoms with van der Waals surface area (Å²) in [5, 5.41) is 5.88. The topological polar surface area (TPSA) is 45.6 Å². The molecule has 4 rings (SSSR count). The van der Waals surface area contributed by atoms with E-state index < -0.39 is 8.24 Å². The first kappa shape index (κ1) is 19.8. The first-order valence-electron chi connectivity index (χ1n) is 10.7. The van der Waals surface area contributed by atoms with Gasteiger partial charge in [-0.15, -0.1) is 0 Å². The summed E-state index contributed by atoms with van der Waals surface area (Å²) < 4.78 is 2.66. The molecule has 29 heavy (non-hydrogen) atoms. The number of fused-ring (bicyclic) bond motifs is 2. The molecular weight excluding hydrogens is 372 g/mol. The molecule has 0 atom stereocenters. The lowest BCUT2D eigenvalue weighted by Gasteiger charge is -2.44. The molecule has 3 heterocycles. The molecule has 0 aliphatic heterocycles. The Bertz CT molecular complexity index is 1110. The number of H-pyrrole nitrogens is 1. The van der Waals surface area contributed by atoms with Crippen molar-refractivity contribution in [2.45, 2.75) is 58.2 Å². The minimum atomic E-state index is -1.75. The van der Waals surface area contributed by atoms with Crippen molar-refractivity contribution >= 4 is 41.7 Å². The Hall–Kier alpha value is -2.53. The Labute approximate surface area is 174 Å². The maximum absolute atomic E-state index is 4.66. The van der Waals surface area contributed by atoms with Crippen LogP contribution < -0.4 is 5.32 Å². The van der Waals surface area contributed by atoms with Gasteiger partial charge in [0.25, 0.3) is 0 Å². The lowest BCUT2D eigenvalue weighted by atomic mass is 10.2. The number of rotatable bonds is 6. The standard InChI is InChI=1S/C24H32N4Si/c1-16(2)29(17(3)4,18(5)6)28-14-12-20-15-21(8-9-22(20)28)26-23-10-7-19-11-13-25-24(19)27-23/h7-18H,1-6H3,(H2,25,26,27). The number of pyridine rings is 1. The lowest BCUT2D eigenvalue weighted by molar-refractivity contribution is 0.773. The number of aromatic amines is 1. The van der Waals surface area contributed by atoms with Gasteiger partial charge in [0, 0.05) is 28.2 Å². The smallest absolute Gasteiger partial charge is 0.169 e. The average Bonchev–Trinajstić information content (AvgIpc) is 3.28. The second-order valence-electron chi connectivity index (χ2n) is 9.05. The largest absolute Gasteiger partial charge is 0.373 e. The highest BCUT2D eigenvalue weighted by atomic mass is 28.3. The third kappa shape index (κ3) is 3.17. The van der Waals surface area contributed by atoms with Gasteiger partial charge in [-0.25, -0.2) is 4.98 Å². The van der Waals surface area contributed by atoms with Crippen LogP contribution >= 0.6 is 0 Å². The van der Waals surface area contributed by atoms with Crippen LogP contribution in [0.25, 0.3) is 21.9 Å². The predicted octanol–water partition coefficient (Wildman–Crippen LogP) is 7.28. The van der Waals surface area contributed by atoms with Crippen molar-refractivity contribution in [3.63, 3.8) is 0 Å². The van der Waals surface area contributed by atoms with Crippen molar-refractivity contribution in [1.29, 1.82) is 0 Å². The van der Waals surface area contributed by atoms with Crippen molar-refractivity contribution in [2.24, 2.45) is 0 Å². The predicted molar refractivity (Wildman–Crippen MR) is 128 cm³/mol. The van der Waals surface area contributed by atoms with Gasteiger partial charge < -0.3 is 14.5 Å². The van der Waals surface area contributed by atoms with Crippen LogP contribution in [0.2, 0.25) is 16.6 Å². The van der Waals surface area contributed by atoms with E-state index in [1.807, 2.05) is 18.3 Å². The van der Waals surface area contributed by atoms with Gasteiger partial charge in [0.2, 0.25) is 0 Å². The molecule has 0 aliphatic carbocycles. The van der Waals surface area contributed by atoms with Crippen molar-refractivity contribution < 1.29 is 0 Å². The average molecular weight is 405 g/mol. The third-order valence-corrected chi connectivity index (χ3v) is 13.3. The van der Waals surface area contributed by atoms with Gasteiger partial charge in [-0.2, -0.15) is 0 Å². The zero-order valence-corrected chi connectivity index (χ0v) is 19.3. The number of aromatic nitrogens is 3. The molecule has 0 saturated carbocycles. The van der Waals surface area contributed by atoms with Gasteiger partial charge in [-0.3, -0.25) is 0 Å². The lowest BCUT2D eigenvalue weighted by Crippen LogP contribution is -2.51. The first-order valence-corrected chi connectivity index (χ1v) is 12.8. The van der Waals surface area contributed by atoms with Crippen molar-refractivity contribution in [1.82, 2.24) is 14.2 Å². The van der Waals surface area contributed by atoms with Crippen LogP contribution in [0, 0.1) is 0 Å². The van der Waals surface area contributed by atoms with Gasteiger partial charge in [-0.05, 0) is 65.3 Å². The highest BCUT2D eigenvalue weighted by Crippen LogP contribution is 2.44. The van der Waals surface area contributed by atoms with Crippen LogP contribution in [-0.2, 0) is 0 Å². The Balaban J connectivity index is 1.73. The third-order valence-electron chi connectivity index (χ3n) is 6.56. The van der Waals surface area contributed by atoms with E-state index in [1.165, 1.54) is 10.9 Å². The Morgan fingerprint density at radius 1 is 0.862 bits per heavy atom. The minimum absolute atomic E-state index is 0.674. The number of anilines is 2. The molecular formula is C24H32N4Si. The Morgan fingerprint density at radius 2 is 1.59 bits per heavy atom. The van der Waals surface area contributed by atoms with E-state index in [-0.39, 0.29) is 0 Å². The zero-order valence-electron chi connectivity index (χ0n) is 18.3. The highest BCUT2D eigenvalue weighted by molar-refractivity contribution is 6.82. The molecule has 2 N–H and O–H groups in total. The van der Waals surface area contributed by atoms with Crippen LogP contribution in [0.5, 0.6) is 0 Å². The Morgan fingerprint density at radius 3 is 2.28 bits per heavy atom. The fourth-order valence-electron chi connectivity index (χ4n) is 5.54. The second kappa shape index (κ2) is 7.37. The molecule has 0 saturated heterocycles. The van der Waals surface area contributed by atoms with E-state index in [1.54, 1.807) is 0 Å². The van der Waals surface area contributed by atoms with Gasteiger partial charge >= 0.3 is 0 Å². The van der Waals surface area contributed by atoms with E-state index >= 15 is 0 Å². The molecule has 0 aliphatic rings. The van der Waals surface area contributed by atoms with Crippen LogP contribution in [-0.4, -0.2) is 22.4 Å². The summed E-state index contributed by atoms with van der Waals surface area (Å²) >= 11 is 0. The number of hydrogen-bond acceptors (Lipinski definition) is 2. The van der Waals surface area contributed by atoms with E-state index in [0.29, 0.717) is 16.6 Å². The molecule has 5 heteroatoms. The molecule has 1 aromatic carbocycles. The molecule has 0 fully saturated rings. The molecule has 0 radical (unpaired) electrons. The second-order valence-corrected chi connectivity index (χ2v) is 14.8. The van der Waals surface area contributed by atoms with Gasteiger partial charge in [0.15, 0.2) is 8.24 Å². The van der Waals surface area contributed by atoms with Crippen LogP contribution in [0.1, 0.15) is 41.5 Å². The highest BCUT2D eigenvalue weighted by Gasteiger charge is 2.45. The summed E-state index contributed by atoms with van der Waals surface area (Å²) in [6, 6.07) is 15.1. The van der Waals surface area contributed by atoms with Crippen molar-refractivity contribution in [3.05, 3.63) is 54.9 Å². The molecule has 0 spiro atoms. The number of nitrogens with one attached hydrogen (secondary N) is 2. The quantitative estimate of drug-likeness (QED) is 0.331. The van der Waals surface area contributed by atoms with E-state index in [9.17, 15) is 0 Å². The molecule has 0 amide bonds. The molecule has 4 aromatic rings. The summed E-state index contributed by atoms with van der Waals surface area (Å²) in [6.45, 7) is 14.5. The molecule has 0 unspecified atom stereocenters. The van der Waals surface area contributed by atoms with E-state index in [4.69, 9.17) is 0 Å². The van der Waals surface area contributed by atoms with E-state index in [0.717, 1.165) is 22.5 Å². The summed E-state index contributed by atoms with van der Waals surface area (Å²) in [4.78, 5) is 7.84. The first-order chi connectivity index (χ1) is 13.8. The van der Waals surface area contributed by atoms with Gasteiger partial charge in [0.05, 0.1) is 0 Å². The SMILES string of the molecule is CC(C)[Si](C(C)C)(C(C)C)n1ccc2cc(Nc3ccc4cc[nH]c4n3)ccc21. The normalized spacial score (nSPS) is 12.7. The Kier molecular flexibility index (Phi) is 5.03. The van der Waals surface area contributed by atoms with Crippen LogP contribution in [0.15, 0.2) is 54.9 Å². The van der Waals surface area contributed by atoms with Gasteiger partial charge in [0.1, 0.15) is 11.5 Å². The maximum Gasteiger partial charge on any atom is 0.169 e. The summed E-state index contributed by atoms with van der Waals surface area (Å²) in [5.41, 5.74) is 5.35. The summed E-state index contributed by atoms with van der Waals surface area (Å²) in [5.74, 6) is 0.856. The van der Waals surface area contributed by atoms with Crippen LogP contribution in [0.3, 0.4) is 0 Å². The van der Waals surface area contributed by atoms with Crippen molar-refractivity contribution in [3.8, 4) is 0 Å². The molecule has 0 bridgehead atoms. The summed E-state index contributed by atoms with van der Waals surface area (Å²) in [7, 11) is -1.75. The van der Waals surface area contributed by atoms with Crippen LogP contribution in [0.4, 0.5) is 11.5 Å². The zero-order chi connectivity index (χ0) is 20.8. The number of nitrogens with zero attached hydrogens (tertiary/aromatic N) is 2. The van der Waals surface area contributed by atoms with E-state index in [2.05, 4.69) is 97.6 Å². The number of benzene rings is 1. The molecule has 152 valence electrons. The minimum Gasteiger partial charge on any atom is -0.373 e. The van der Waals surface area contributed by atoms with Crippen molar-refractivity contribution in [2.75, 3.05) is 5.32 Å². The fourth-order valence-corrected chi connectivity index (χ4v) is 12.2. The maximum atomic E-state index is 4.66. The fraction of sp³-hybridized carbons (Fsp3) is 0.375. The van der Waals surface area contributed by atoms with Gasteiger partial charge in [-0.1, -0.05) is 41.5 Å². The number of hydrogen-bond donors (Lipinski definition) is 2.